The second-order valence-corrected chi connectivity index (χ2v) is 5.62. The van der Waals surface area contributed by atoms with E-state index in [9.17, 15) is 0 Å². The van der Waals surface area contributed by atoms with Gasteiger partial charge in [0.05, 0.1) is 0 Å². The summed E-state index contributed by atoms with van der Waals surface area (Å²) in [5.74, 6) is 0.779. The molecule has 0 aromatic carbocycles. The lowest BCUT2D eigenvalue weighted by molar-refractivity contribution is 0.153. The van der Waals surface area contributed by atoms with Crippen LogP contribution in [0, 0.1) is 5.92 Å². The van der Waals surface area contributed by atoms with E-state index < -0.39 is 0 Å². The van der Waals surface area contributed by atoms with Gasteiger partial charge in [-0.25, -0.2) is 0 Å². The molecular formula is C13H22N2S. The number of nitrogens with one attached hydrogen (secondary N) is 1. The van der Waals surface area contributed by atoms with Crippen LogP contribution in [-0.4, -0.2) is 37.6 Å². The molecule has 1 aromatic heterocycles. The van der Waals surface area contributed by atoms with Gasteiger partial charge in [0.1, 0.15) is 0 Å². The molecule has 2 heterocycles. The lowest BCUT2D eigenvalue weighted by Crippen LogP contribution is -2.47. The highest BCUT2D eigenvalue weighted by atomic mass is 32.1. The molecule has 1 N–H and O–H groups in total. The lowest BCUT2D eigenvalue weighted by atomic mass is 9.94. The van der Waals surface area contributed by atoms with Crippen LogP contribution in [-0.2, 0) is 6.42 Å². The van der Waals surface area contributed by atoms with Gasteiger partial charge in [-0.05, 0) is 54.7 Å². The molecule has 90 valence electrons. The highest BCUT2D eigenvalue weighted by Gasteiger charge is 2.24. The summed E-state index contributed by atoms with van der Waals surface area (Å²) in [6.07, 6.45) is 2.50. The van der Waals surface area contributed by atoms with E-state index in [-0.39, 0.29) is 0 Å². The Labute approximate surface area is 103 Å². The molecule has 1 aromatic rings. The Bertz CT molecular complexity index is 297. The van der Waals surface area contributed by atoms with E-state index in [2.05, 4.69) is 41.0 Å². The molecule has 0 amide bonds. The van der Waals surface area contributed by atoms with E-state index in [1.54, 1.807) is 11.3 Å². The number of hydrogen-bond donors (Lipinski definition) is 1. The summed E-state index contributed by atoms with van der Waals surface area (Å²) in [4.78, 5) is 2.61. The van der Waals surface area contributed by atoms with Crippen molar-refractivity contribution >= 4 is 11.3 Å². The first-order chi connectivity index (χ1) is 7.79. The average molecular weight is 238 g/mol. The molecule has 2 unspecified atom stereocenters. The first-order valence-electron chi connectivity index (χ1n) is 6.20. The van der Waals surface area contributed by atoms with E-state index in [0.29, 0.717) is 0 Å². The molecule has 2 nitrogen and oxygen atoms in total. The minimum Gasteiger partial charge on any atom is -0.317 e. The molecule has 1 aliphatic heterocycles. The van der Waals surface area contributed by atoms with E-state index in [4.69, 9.17) is 0 Å². The molecule has 1 aliphatic rings. The minimum atomic E-state index is 0.720. The Morgan fingerprint density at radius 3 is 3.06 bits per heavy atom. The minimum absolute atomic E-state index is 0.720. The van der Waals surface area contributed by atoms with Crippen LogP contribution in [0.5, 0.6) is 0 Å². The van der Waals surface area contributed by atoms with Gasteiger partial charge < -0.3 is 10.2 Å². The van der Waals surface area contributed by atoms with Crippen LogP contribution in [0.4, 0.5) is 0 Å². The topological polar surface area (TPSA) is 15.3 Å². The maximum Gasteiger partial charge on any atom is 0.0114 e. The fraction of sp³-hybridized carbons (Fsp3) is 0.692. The monoisotopic (exact) mass is 238 g/mol. The first kappa shape index (κ1) is 12.1. The van der Waals surface area contributed by atoms with Crippen molar-refractivity contribution in [2.24, 2.45) is 5.92 Å². The zero-order chi connectivity index (χ0) is 11.4. The Kier molecular flexibility index (Phi) is 4.38. The van der Waals surface area contributed by atoms with Gasteiger partial charge in [0.25, 0.3) is 0 Å². The molecule has 0 spiro atoms. The van der Waals surface area contributed by atoms with Crippen molar-refractivity contribution in [1.29, 1.82) is 0 Å². The molecule has 0 bridgehead atoms. The van der Waals surface area contributed by atoms with Crippen LogP contribution in [0.15, 0.2) is 16.8 Å². The largest absolute Gasteiger partial charge is 0.317 e. The van der Waals surface area contributed by atoms with Crippen LogP contribution < -0.4 is 5.32 Å². The second-order valence-electron chi connectivity index (χ2n) is 4.84. The van der Waals surface area contributed by atoms with Gasteiger partial charge in [-0.2, -0.15) is 11.3 Å². The molecule has 3 heteroatoms. The number of likely N-dealkylation sites (tertiary alicyclic amines) is 1. The van der Waals surface area contributed by atoms with Crippen molar-refractivity contribution in [2.45, 2.75) is 25.8 Å². The number of nitrogens with zero attached hydrogens (tertiary/aromatic N) is 1. The highest BCUT2D eigenvalue weighted by Crippen LogP contribution is 2.17. The van der Waals surface area contributed by atoms with Gasteiger partial charge in [0, 0.05) is 19.1 Å². The zero-order valence-corrected chi connectivity index (χ0v) is 11.1. The maximum absolute atomic E-state index is 3.42. The Morgan fingerprint density at radius 2 is 2.44 bits per heavy atom. The van der Waals surface area contributed by atoms with Crippen molar-refractivity contribution in [3.8, 4) is 0 Å². The molecule has 0 radical (unpaired) electrons. The summed E-state index contributed by atoms with van der Waals surface area (Å²) >= 11 is 1.80. The summed E-state index contributed by atoms with van der Waals surface area (Å²) in [5.41, 5.74) is 1.49. The highest BCUT2D eigenvalue weighted by molar-refractivity contribution is 7.07. The summed E-state index contributed by atoms with van der Waals surface area (Å²) in [7, 11) is 2.09. The van der Waals surface area contributed by atoms with Crippen molar-refractivity contribution in [1.82, 2.24) is 10.2 Å². The smallest absolute Gasteiger partial charge is 0.0114 e. The molecule has 16 heavy (non-hydrogen) atoms. The van der Waals surface area contributed by atoms with E-state index >= 15 is 0 Å². The van der Waals surface area contributed by atoms with Crippen molar-refractivity contribution in [2.75, 3.05) is 26.7 Å². The van der Waals surface area contributed by atoms with Gasteiger partial charge in [-0.3, -0.25) is 0 Å². The lowest BCUT2D eigenvalue weighted by Gasteiger charge is -2.36. The van der Waals surface area contributed by atoms with Gasteiger partial charge in [0.15, 0.2) is 0 Å². The third-order valence-electron chi connectivity index (χ3n) is 3.66. The van der Waals surface area contributed by atoms with E-state index in [1.165, 1.54) is 38.0 Å². The molecule has 1 fully saturated rings. The Balaban J connectivity index is 1.75. The van der Waals surface area contributed by atoms with Crippen LogP contribution in [0.25, 0.3) is 0 Å². The zero-order valence-electron chi connectivity index (χ0n) is 10.3. The third kappa shape index (κ3) is 3.06. The van der Waals surface area contributed by atoms with Crippen molar-refractivity contribution in [3.63, 3.8) is 0 Å². The van der Waals surface area contributed by atoms with Crippen LogP contribution in [0.3, 0.4) is 0 Å². The Hall–Kier alpha value is -0.380. The molecule has 2 rings (SSSR count). The summed E-state index contributed by atoms with van der Waals surface area (Å²) in [6.45, 7) is 6.07. The van der Waals surface area contributed by atoms with Crippen LogP contribution in [0.1, 0.15) is 18.9 Å². The van der Waals surface area contributed by atoms with E-state index in [0.717, 1.165) is 12.0 Å². The van der Waals surface area contributed by atoms with Crippen LogP contribution >= 0.6 is 11.3 Å². The fourth-order valence-corrected chi connectivity index (χ4v) is 3.29. The molecule has 0 saturated carbocycles. The molecule has 1 saturated heterocycles. The molecule has 0 aliphatic carbocycles. The third-order valence-corrected chi connectivity index (χ3v) is 4.39. The van der Waals surface area contributed by atoms with Gasteiger partial charge in [0.2, 0.25) is 0 Å². The average Bonchev–Trinajstić information content (AvgIpc) is 2.79. The van der Waals surface area contributed by atoms with E-state index in [1.807, 2.05) is 0 Å². The number of rotatable bonds is 4. The number of piperidine rings is 1. The van der Waals surface area contributed by atoms with Crippen molar-refractivity contribution in [3.05, 3.63) is 22.4 Å². The predicted molar refractivity (Wildman–Crippen MR) is 71.1 cm³/mol. The van der Waals surface area contributed by atoms with Gasteiger partial charge in [-0.15, -0.1) is 0 Å². The maximum atomic E-state index is 3.42. The van der Waals surface area contributed by atoms with Gasteiger partial charge in [-0.1, -0.05) is 6.92 Å². The predicted octanol–water partition coefficient (Wildman–Crippen LogP) is 2.22. The molecular weight excluding hydrogens is 216 g/mol. The number of hydrogen-bond acceptors (Lipinski definition) is 3. The first-order valence-corrected chi connectivity index (χ1v) is 7.14. The summed E-state index contributed by atoms with van der Waals surface area (Å²) in [5, 5.41) is 7.86. The fourth-order valence-electron chi connectivity index (χ4n) is 2.59. The SMILES string of the molecule is CNC1CCN(CCc2ccsc2)CC1C. The Morgan fingerprint density at radius 1 is 1.56 bits per heavy atom. The molecule has 2 atom stereocenters. The standard InChI is InChI=1S/C13H22N2S/c1-11-9-15(7-4-13(11)14-2)6-3-12-5-8-16-10-12/h5,8,10-11,13-14H,3-4,6-7,9H2,1-2H3. The summed E-state index contributed by atoms with van der Waals surface area (Å²) < 4.78 is 0. The summed E-state index contributed by atoms with van der Waals surface area (Å²) in [6, 6.07) is 2.96. The van der Waals surface area contributed by atoms with Crippen LogP contribution in [0.2, 0.25) is 0 Å². The quantitative estimate of drug-likeness (QED) is 0.865. The normalized spacial score (nSPS) is 27.1. The van der Waals surface area contributed by atoms with Gasteiger partial charge >= 0.3 is 0 Å². The van der Waals surface area contributed by atoms with Crippen molar-refractivity contribution < 1.29 is 0 Å². The number of thiophene rings is 1. The second kappa shape index (κ2) is 5.80.